The van der Waals surface area contributed by atoms with E-state index in [-0.39, 0.29) is 29.5 Å². The number of nitrogen functional groups attached to an aromatic ring is 1. The van der Waals surface area contributed by atoms with E-state index in [4.69, 9.17) is 34.2 Å². The van der Waals surface area contributed by atoms with Gasteiger partial charge in [0.2, 0.25) is 0 Å². The molecular weight excluding hydrogens is 442 g/mol. The SMILES string of the molecule is COC(C)c1nn([C@@H]2O[C@H](CO[Si](C)(C)C(C)(C)C)[C@H]3OC(C)(C)O[C@H]32)c2ncnc(N)c12. The number of fused-ring (bicyclic) bond motifs is 2. The summed E-state index contributed by atoms with van der Waals surface area (Å²) in [5.41, 5.74) is 7.43. The van der Waals surface area contributed by atoms with Crippen LogP contribution in [0.25, 0.3) is 11.0 Å². The monoisotopic (exact) mass is 479 g/mol. The Hall–Kier alpha value is -1.63. The highest BCUT2D eigenvalue weighted by Crippen LogP contribution is 2.45. The first-order chi connectivity index (χ1) is 15.3. The molecule has 0 radical (unpaired) electrons. The van der Waals surface area contributed by atoms with Crippen molar-refractivity contribution in [1.29, 1.82) is 0 Å². The zero-order chi connectivity index (χ0) is 24.3. The van der Waals surface area contributed by atoms with Gasteiger partial charge in [-0.3, -0.25) is 0 Å². The van der Waals surface area contributed by atoms with Gasteiger partial charge in [0.25, 0.3) is 0 Å². The maximum absolute atomic E-state index is 6.50. The third kappa shape index (κ3) is 4.30. The van der Waals surface area contributed by atoms with Gasteiger partial charge in [-0.05, 0) is 38.9 Å². The molecule has 2 saturated heterocycles. The molecule has 11 heteroatoms. The molecule has 2 N–H and O–H groups in total. The van der Waals surface area contributed by atoms with Crippen LogP contribution in [0.2, 0.25) is 18.1 Å². The standard InChI is InChI=1S/C22H37N5O5Si/c1-12(28-7)15-14-18(23)24-11-25-19(14)27(26-15)20-17-16(31-22(5,6)32-17)13(30-20)10-29-33(8,9)21(2,3)4/h11-13,16-17,20H,10H2,1-9H3,(H2,23,24,25)/t12?,13-,16-,17-,20-/m1/s1. The van der Waals surface area contributed by atoms with E-state index in [1.54, 1.807) is 11.8 Å². The van der Waals surface area contributed by atoms with Gasteiger partial charge in [0.15, 0.2) is 26.0 Å². The van der Waals surface area contributed by atoms with E-state index in [1.807, 2.05) is 20.8 Å². The summed E-state index contributed by atoms with van der Waals surface area (Å²) in [6.07, 6.45) is -0.405. The molecule has 2 fully saturated rings. The predicted octanol–water partition coefficient (Wildman–Crippen LogP) is 3.56. The van der Waals surface area contributed by atoms with E-state index in [1.165, 1.54) is 6.33 Å². The number of ether oxygens (including phenoxy) is 4. The van der Waals surface area contributed by atoms with Crippen LogP contribution in [0.4, 0.5) is 5.82 Å². The van der Waals surface area contributed by atoms with Gasteiger partial charge in [-0.1, -0.05) is 20.8 Å². The van der Waals surface area contributed by atoms with Gasteiger partial charge in [0.05, 0.1) is 18.1 Å². The number of hydrogen-bond acceptors (Lipinski definition) is 9. The first kappa shape index (κ1) is 24.5. The molecule has 184 valence electrons. The van der Waals surface area contributed by atoms with Gasteiger partial charge in [-0.2, -0.15) is 5.10 Å². The fourth-order valence-electron chi connectivity index (χ4n) is 4.09. The minimum atomic E-state index is -1.97. The molecule has 0 spiro atoms. The highest BCUT2D eigenvalue weighted by molar-refractivity contribution is 6.74. The molecule has 4 heterocycles. The highest BCUT2D eigenvalue weighted by Gasteiger charge is 2.57. The molecule has 0 amide bonds. The molecule has 1 unspecified atom stereocenters. The van der Waals surface area contributed by atoms with E-state index in [9.17, 15) is 0 Å². The molecular formula is C22H37N5O5Si. The molecule has 5 atom stereocenters. The number of methoxy groups -OCH3 is 1. The van der Waals surface area contributed by atoms with Crippen molar-refractivity contribution in [3.63, 3.8) is 0 Å². The lowest BCUT2D eigenvalue weighted by Gasteiger charge is -2.37. The summed E-state index contributed by atoms with van der Waals surface area (Å²) in [7, 11) is -0.345. The third-order valence-electron chi connectivity index (χ3n) is 7.06. The van der Waals surface area contributed by atoms with Crippen LogP contribution in [-0.4, -0.2) is 65.9 Å². The highest BCUT2D eigenvalue weighted by atomic mass is 28.4. The van der Waals surface area contributed by atoms with Crippen molar-refractivity contribution in [2.45, 2.75) is 96.1 Å². The van der Waals surface area contributed by atoms with Gasteiger partial charge in [0.1, 0.15) is 36.2 Å². The molecule has 4 rings (SSSR count). The van der Waals surface area contributed by atoms with Gasteiger partial charge in [-0.15, -0.1) is 0 Å². The Kier molecular flexibility index (Phi) is 6.12. The molecule has 2 aliphatic heterocycles. The van der Waals surface area contributed by atoms with Crippen LogP contribution in [-0.2, 0) is 23.4 Å². The number of anilines is 1. The van der Waals surface area contributed by atoms with Gasteiger partial charge in [-0.25, -0.2) is 14.6 Å². The van der Waals surface area contributed by atoms with Crippen molar-refractivity contribution in [1.82, 2.24) is 19.7 Å². The molecule has 2 aromatic rings. The lowest BCUT2D eigenvalue weighted by atomic mass is 10.1. The molecule has 0 aliphatic carbocycles. The van der Waals surface area contributed by atoms with E-state index in [0.29, 0.717) is 29.2 Å². The Labute approximate surface area is 196 Å². The van der Waals surface area contributed by atoms with Crippen LogP contribution in [0.3, 0.4) is 0 Å². The first-order valence-corrected chi connectivity index (χ1v) is 14.3. The molecule has 0 bridgehead atoms. The van der Waals surface area contributed by atoms with Crippen molar-refractivity contribution in [3.05, 3.63) is 12.0 Å². The number of nitrogens with zero attached hydrogens (tertiary/aromatic N) is 4. The molecule has 0 saturated carbocycles. The summed E-state index contributed by atoms with van der Waals surface area (Å²) in [6, 6.07) is 0. The number of nitrogens with two attached hydrogens (primary N) is 1. The minimum absolute atomic E-state index is 0.0918. The smallest absolute Gasteiger partial charge is 0.192 e. The topological polar surface area (TPSA) is 116 Å². The number of hydrogen-bond donors (Lipinski definition) is 1. The molecule has 2 aliphatic rings. The Morgan fingerprint density at radius 2 is 1.88 bits per heavy atom. The first-order valence-electron chi connectivity index (χ1n) is 11.4. The van der Waals surface area contributed by atoms with Gasteiger partial charge in [0, 0.05) is 7.11 Å². The summed E-state index contributed by atoms with van der Waals surface area (Å²) >= 11 is 0. The molecule has 0 aromatic carbocycles. The lowest BCUT2D eigenvalue weighted by molar-refractivity contribution is -0.200. The number of aromatic nitrogens is 4. The fraction of sp³-hybridized carbons (Fsp3) is 0.773. The minimum Gasteiger partial charge on any atom is -0.414 e. The average Bonchev–Trinajstić information content (AvgIpc) is 3.34. The molecule has 33 heavy (non-hydrogen) atoms. The van der Waals surface area contributed by atoms with Crippen LogP contribution in [0, 0.1) is 0 Å². The second kappa shape index (κ2) is 8.24. The van der Waals surface area contributed by atoms with E-state index >= 15 is 0 Å². The summed E-state index contributed by atoms with van der Waals surface area (Å²) in [5, 5.41) is 5.56. The molecule has 2 aromatic heterocycles. The normalized spacial score (nSPS) is 28.4. The van der Waals surface area contributed by atoms with Crippen molar-refractivity contribution >= 4 is 25.2 Å². The predicted molar refractivity (Wildman–Crippen MR) is 126 cm³/mol. The Morgan fingerprint density at radius 3 is 2.52 bits per heavy atom. The zero-order valence-corrected chi connectivity index (χ0v) is 22.1. The zero-order valence-electron chi connectivity index (χ0n) is 21.1. The second-order valence-electron chi connectivity index (χ2n) is 10.9. The number of rotatable bonds is 6. The molecule has 10 nitrogen and oxygen atoms in total. The van der Waals surface area contributed by atoms with Crippen LogP contribution >= 0.6 is 0 Å². The Bertz CT molecular complexity index is 1020. The third-order valence-corrected chi connectivity index (χ3v) is 11.6. The van der Waals surface area contributed by atoms with Crippen LogP contribution in [0.1, 0.15) is 59.6 Å². The van der Waals surface area contributed by atoms with Crippen molar-refractivity contribution < 1.29 is 23.4 Å². The van der Waals surface area contributed by atoms with Crippen molar-refractivity contribution in [3.8, 4) is 0 Å². The summed E-state index contributed by atoms with van der Waals surface area (Å²) in [6.45, 7) is 17.3. The van der Waals surface area contributed by atoms with Crippen LogP contribution in [0.5, 0.6) is 0 Å². The maximum atomic E-state index is 6.50. The van der Waals surface area contributed by atoms with Crippen molar-refractivity contribution in [2.24, 2.45) is 0 Å². The second-order valence-corrected chi connectivity index (χ2v) is 15.7. The van der Waals surface area contributed by atoms with Crippen LogP contribution < -0.4 is 5.73 Å². The summed E-state index contributed by atoms with van der Waals surface area (Å²) in [4.78, 5) is 8.62. The van der Waals surface area contributed by atoms with Gasteiger partial charge < -0.3 is 29.1 Å². The van der Waals surface area contributed by atoms with E-state index in [0.717, 1.165) is 0 Å². The quantitative estimate of drug-likeness (QED) is 0.621. The van der Waals surface area contributed by atoms with Crippen LogP contribution in [0.15, 0.2) is 6.33 Å². The van der Waals surface area contributed by atoms with Crippen molar-refractivity contribution in [2.75, 3.05) is 19.5 Å². The lowest BCUT2D eigenvalue weighted by Crippen LogP contribution is -2.44. The summed E-state index contributed by atoms with van der Waals surface area (Å²) < 4.78 is 32.8. The Morgan fingerprint density at radius 1 is 1.21 bits per heavy atom. The van der Waals surface area contributed by atoms with Gasteiger partial charge >= 0.3 is 0 Å². The van der Waals surface area contributed by atoms with E-state index < -0.39 is 20.3 Å². The van der Waals surface area contributed by atoms with E-state index in [2.05, 4.69) is 43.8 Å². The Balaban J connectivity index is 1.70. The fourth-order valence-corrected chi connectivity index (χ4v) is 5.11. The maximum Gasteiger partial charge on any atom is 0.192 e. The summed E-state index contributed by atoms with van der Waals surface area (Å²) in [5.74, 6) is -0.395. The largest absolute Gasteiger partial charge is 0.414 e. The average molecular weight is 480 g/mol.